The van der Waals surface area contributed by atoms with Gasteiger partial charge in [-0.3, -0.25) is 9.48 Å². The summed E-state index contributed by atoms with van der Waals surface area (Å²) in [7, 11) is -1.61. The summed E-state index contributed by atoms with van der Waals surface area (Å²) in [4.78, 5) is 12.5. The second-order valence-corrected chi connectivity index (χ2v) is 8.66. The maximum atomic E-state index is 12.5. The van der Waals surface area contributed by atoms with Crippen molar-refractivity contribution in [3.8, 4) is 0 Å². The van der Waals surface area contributed by atoms with Crippen molar-refractivity contribution in [2.24, 2.45) is 13.0 Å². The molecule has 2 atom stereocenters. The summed E-state index contributed by atoms with van der Waals surface area (Å²) in [6.45, 7) is 1.61. The normalized spacial score (nSPS) is 19.9. The van der Waals surface area contributed by atoms with Gasteiger partial charge in [-0.15, -0.1) is 0 Å². The van der Waals surface area contributed by atoms with Crippen molar-refractivity contribution in [1.29, 1.82) is 0 Å². The first kappa shape index (κ1) is 19.5. The Hall–Kier alpha value is -2.23. The highest BCUT2D eigenvalue weighted by Crippen LogP contribution is 2.27. The average Bonchev–Trinajstić information content (AvgIpc) is 3.29. The molecule has 2 aromatic rings. The van der Waals surface area contributed by atoms with Crippen LogP contribution in [-0.4, -0.2) is 49.5 Å². The SMILES string of the molecule is Cn1cc([C@H]2CNC[C@@H]2C(=O)NCCS(=O)(=O)NCc2ccccc2)cn1. The second-order valence-electron chi connectivity index (χ2n) is 6.74. The summed E-state index contributed by atoms with van der Waals surface area (Å²) in [5.74, 6) is -0.462. The zero-order chi connectivity index (χ0) is 19.3. The minimum atomic E-state index is -3.45. The van der Waals surface area contributed by atoms with Crippen molar-refractivity contribution in [3.63, 3.8) is 0 Å². The number of sulfonamides is 1. The number of hydrogen-bond acceptors (Lipinski definition) is 5. The van der Waals surface area contributed by atoms with Crippen LogP contribution in [0.2, 0.25) is 0 Å². The molecule has 27 heavy (non-hydrogen) atoms. The number of aromatic nitrogens is 2. The Morgan fingerprint density at radius 1 is 1.30 bits per heavy atom. The number of carbonyl (C=O) groups excluding carboxylic acids is 1. The highest BCUT2D eigenvalue weighted by Gasteiger charge is 2.34. The molecular formula is C18H25N5O3S. The summed E-state index contributed by atoms with van der Waals surface area (Å²) in [5, 5.41) is 10.2. The van der Waals surface area contributed by atoms with Crippen LogP contribution in [0.4, 0.5) is 0 Å². The van der Waals surface area contributed by atoms with Gasteiger partial charge in [-0.05, 0) is 11.1 Å². The molecule has 0 aliphatic carbocycles. The fourth-order valence-electron chi connectivity index (χ4n) is 3.24. The lowest BCUT2D eigenvalue weighted by molar-refractivity contribution is -0.124. The van der Waals surface area contributed by atoms with Crippen LogP contribution >= 0.6 is 0 Å². The number of amides is 1. The molecule has 2 heterocycles. The molecular weight excluding hydrogens is 366 g/mol. The lowest BCUT2D eigenvalue weighted by Gasteiger charge is -2.17. The van der Waals surface area contributed by atoms with Gasteiger partial charge in [0.1, 0.15) is 0 Å². The number of nitrogens with one attached hydrogen (secondary N) is 3. The Balaban J connectivity index is 1.47. The fraction of sp³-hybridized carbons (Fsp3) is 0.444. The van der Waals surface area contributed by atoms with E-state index in [2.05, 4.69) is 20.5 Å². The molecule has 0 spiro atoms. The third-order valence-corrected chi connectivity index (χ3v) is 6.04. The van der Waals surface area contributed by atoms with E-state index in [1.54, 1.807) is 10.9 Å². The maximum absolute atomic E-state index is 12.5. The number of aryl methyl sites for hydroxylation is 1. The van der Waals surface area contributed by atoms with Gasteiger partial charge in [0.05, 0.1) is 17.9 Å². The smallest absolute Gasteiger partial charge is 0.225 e. The summed E-state index contributed by atoms with van der Waals surface area (Å²) >= 11 is 0. The second kappa shape index (κ2) is 8.64. The van der Waals surface area contributed by atoms with E-state index in [0.717, 1.165) is 11.1 Å². The topological polar surface area (TPSA) is 105 Å². The van der Waals surface area contributed by atoms with Gasteiger partial charge >= 0.3 is 0 Å². The molecule has 146 valence electrons. The Kier molecular flexibility index (Phi) is 6.25. The first-order valence-electron chi connectivity index (χ1n) is 8.93. The molecule has 0 unspecified atom stereocenters. The van der Waals surface area contributed by atoms with E-state index in [4.69, 9.17) is 0 Å². The molecule has 8 nitrogen and oxygen atoms in total. The molecule has 1 aliphatic rings. The Bertz CT molecular complexity index is 866. The zero-order valence-electron chi connectivity index (χ0n) is 15.3. The van der Waals surface area contributed by atoms with Crippen molar-refractivity contribution in [2.75, 3.05) is 25.4 Å². The third kappa shape index (κ3) is 5.38. The lowest BCUT2D eigenvalue weighted by Crippen LogP contribution is -2.38. The average molecular weight is 391 g/mol. The van der Waals surface area contributed by atoms with Crippen molar-refractivity contribution < 1.29 is 13.2 Å². The van der Waals surface area contributed by atoms with Gasteiger partial charge in [-0.1, -0.05) is 30.3 Å². The number of hydrogen-bond donors (Lipinski definition) is 3. The van der Waals surface area contributed by atoms with Crippen LogP contribution in [0.1, 0.15) is 17.0 Å². The van der Waals surface area contributed by atoms with Crippen molar-refractivity contribution in [2.45, 2.75) is 12.5 Å². The van der Waals surface area contributed by atoms with Crippen molar-refractivity contribution >= 4 is 15.9 Å². The van der Waals surface area contributed by atoms with Gasteiger partial charge < -0.3 is 10.6 Å². The molecule has 0 radical (unpaired) electrons. The first-order chi connectivity index (χ1) is 12.9. The molecule has 0 saturated carbocycles. The van der Waals surface area contributed by atoms with Gasteiger partial charge in [-0.25, -0.2) is 13.1 Å². The summed E-state index contributed by atoms with van der Waals surface area (Å²) < 4.78 is 28.5. The van der Waals surface area contributed by atoms with Crippen LogP contribution in [-0.2, 0) is 28.4 Å². The molecule has 1 aliphatic heterocycles. The molecule has 3 rings (SSSR count). The molecule has 9 heteroatoms. The first-order valence-corrected chi connectivity index (χ1v) is 10.6. The maximum Gasteiger partial charge on any atom is 0.225 e. The van der Waals surface area contributed by atoms with Gasteiger partial charge in [-0.2, -0.15) is 5.10 Å². The monoisotopic (exact) mass is 391 g/mol. The van der Waals surface area contributed by atoms with E-state index in [-0.39, 0.29) is 36.6 Å². The Morgan fingerprint density at radius 3 is 2.78 bits per heavy atom. The summed E-state index contributed by atoms with van der Waals surface area (Å²) in [6, 6.07) is 9.31. The largest absolute Gasteiger partial charge is 0.355 e. The van der Waals surface area contributed by atoms with Gasteiger partial charge in [0.2, 0.25) is 15.9 Å². The van der Waals surface area contributed by atoms with E-state index in [9.17, 15) is 13.2 Å². The van der Waals surface area contributed by atoms with Crippen LogP contribution in [0.3, 0.4) is 0 Å². The molecule has 3 N–H and O–H groups in total. The predicted molar refractivity (Wildman–Crippen MR) is 102 cm³/mol. The van der Waals surface area contributed by atoms with E-state index >= 15 is 0 Å². The fourth-order valence-corrected chi connectivity index (χ4v) is 4.14. The molecule has 0 bridgehead atoms. The van der Waals surface area contributed by atoms with Crippen LogP contribution in [0.15, 0.2) is 42.7 Å². The number of benzene rings is 1. The van der Waals surface area contributed by atoms with Gasteiger partial charge in [0.25, 0.3) is 0 Å². The van der Waals surface area contributed by atoms with E-state index < -0.39 is 10.0 Å². The number of rotatable bonds is 8. The van der Waals surface area contributed by atoms with E-state index in [1.165, 1.54) is 0 Å². The Morgan fingerprint density at radius 2 is 2.07 bits per heavy atom. The van der Waals surface area contributed by atoms with Crippen molar-refractivity contribution in [1.82, 2.24) is 25.1 Å². The quantitative estimate of drug-likeness (QED) is 0.586. The molecule has 1 aromatic heterocycles. The highest BCUT2D eigenvalue weighted by atomic mass is 32.2. The highest BCUT2D eigenvalue weighted by molar-refractivity contribution is 7.89. The lowest BCUT2D eigenvalue weighted by atomic mass is 9.90. The third-order valence-electron chi connectivity index (χ3n) is 4.71. The van der Waals surface area contributed by atoms with E-state index in [0.29, 0.717) is 13.1 Å². The van der Waals surface area contributed by atoms with Gasteiger partial charge in [0, 0.05) is 45.3 Å². The standard InChI is InChI=1S/C18H25N5O3S/c1-23-13-15(10-21-23)16-11-19-12-17(16)18(24)20-7-8-27(25,26)22-9-14-5-3-2-4-6-14/h2-6,10,13,16-17,19,22H,7-9,11-12H2,1H3,(H,20,24)/t16-,17+/m1/s1. The minimum Gasteiger partial charge on any atom is -0.355 e. The van der Waals surface area contributed by atoms with E-state index in [1.807, 2.05) is 43.6 Å². The van der Waals surface area contributed by atoms with Crippen LogP contribution < -0.4 is 15.4 Å². The Labute approximate surface area is 159 Å². The number of carbonyl (C=O) groups is 1. The van der Waals surface area contributed by atoms with Crippen LogP contribution in [0.25, 0.3) is 0 Å². The van der Waals surface area contributed by atoms with Crippen LogP contribution in [0, 0.1) is 5.92 Å². The molecule has 1 aromatic carbocycles. The van der Waals surface area contributed by atoms with Crippen molar-refractivity contribution in [3.05, 3.63) is 53.9 Å². The summed E-state index contributed by atoms with van der Waals surface area (Å²) in [5.41, 5.74) is 1.90. The zero-order valence-corrected chi connectivity index (χ0v) is 16.1. The van der Waals surface area contributed by atoms with Gasteiger partial charge in [0.15, 0.2) is 0 Å². The molecule has 1 fully saturated rings. The number of nitrogens with zero attached hydrogens (tertiary/aromatic N) is 2. The van der Waals surface area contributed by atoms with Crippen LogP contribution in [0.5, 0.6) is 0 Å². The molecule has 1 saturated heterocycles. The predicted octanol–water partition coefficient (Wildman–Crippen LogP) is -0.0411. The molecule has 1 amide bonds. The minimum absolute atomic E-state index is 0.0477. The summed E-state index contributed by atoms with van der Waals surface area (Å²) in [6.07, 6.45) is 3.69.